The first-order valence-corrected chi connectivity index (χ1v) is 8.34. The first-order valence-electron chi connectivity index (χ1n) is 7.53. The second-order valence-corrected chi connectivity index (χ2v) is 7.66. The zero-order chi connectivity index (χ0) is 17.4. The number of amides is 1. The Labute approximate surface area is 137 Å². The number of nitrogens with zero attached hydrogens (tertiary/aromatic N) is 1. The Hall–Kier alpha value is -1.55. The molecule has 1 aliphatic carbocycles. The highest BCUT2D eigenvalue weighted by molar-refractivity contribution is 7.16. The lowest BCUT2D eigenvalue weighted by atomic mass is 9.69. The highest BCUT2D eigenvalue weighted by Gasteiger charge is 2.40. The van der Waals surface area contributed by atoms with Gasteiger partial charge in [0.15, 0.2) is 0 Å². The molecule has 1 aromatic heterocycles. The molecule has 1 amide bonds. The minimum absolute atomic E-state index is 0.0229. The van der Waals surface area contributed by atoms with Crippen LogP contribution in [0.4, 0.5) is 18.2 Å². The van der Waals surface area contributed by atoms with E-state index < -0.39 is 12.1 Å². The van der Waals surface area contributed by atoms with Crippen LogP contribution in [0.3, 0.4) is 0 Å². The van der Waals surface area contributed by atoms with Crippen LogP contribution in [0, 0.1) is 22.7 Å². The number of carbonyl (C=O) groups excluding carboxylic acids is 1. The smallest absolute Gasteiger partial charge is 0.309 e. The number of hydrogen-bond donors (Lipinski definition) is 1. The van der Waals surface area contributed by atoms with Crippen molar-refractivity contribution in [1.82, 2.24) is 0 Å². The summed E-state index contributed by atoms with van der Waals surface area (Å²) in [6, 6.07) is 1.96. The van der Waals surface area contributed by atoms with E-state index >= 15 is 0 Å². The molecule has 0 radical (unpaired) electrons. The molecular formula is C16H19F3N2OS. The fourth-order valence-electron chi connectivity index (χ4n) is 2.92. The second-order valence-electron chi connectivity index (χ2n) is 6.55. The topological polar surface area (TPSA) is 52.9 Å². The number of alkyl halides is 3. The third kappa shape index (κ3) is 3.52. The van der Waals surface area contributed by atoms with Crippen molar-refractivity contribution in [3.63, 3.8) is 0 Å². The molecule has 1 unspecified atom stereocenters. The lowest BCUT2D eigenvalue weighted by Crippen LogP contribution is -2.29. The van der Waals surface area contributed by atoms with Crippen LogP contribution in [0.1, 0.15) is 49.6 Å². The molecule has 126 valence electrons. The van der Waals surface area contributed by atoms with Gasteiger partial charge in [-0.25, -0.2) is 0 Å². The first-order chi connectivity index (χ1) is 10.6. The quantitative estimate of drug-likeness (QED) is 0.867. The summed E-state index contributed by atoms with van der Waals surface area (Å²) in [5.41, 5.74) is 1.14. The maximum absolute atomic E-state index is 12.4. The summed E-state index contributed by atoms with van der Waals surface area (Å²) >= 11 is 1.11. The lowest BCUT2D eigenvalue weighted by Gasteiger charge is -2.36. The van der Waals surface area contributed by atoms with E-state index in [1.54, 1.807) is 0 Å². The highest BCUT2D eigenvalue weighted by Crippen LogP contribution is 2.45. The van der Waals surface area contributed by atoms with Gasteiger partial charge in [-0.15, -0.1) is 11.3 Å². The van der Waals surface area contributed by atoms with E-state index in [2.05, 4.69) is 20.8 Å². The van der Waals surface area contributed by atoms with E-state index in [-0.39, 0.29) is 16.0 Å². The van der Waals surface area contributed by atoms with Gasteiger partial charge in [-0.1, -0.05) is 27.2 Å². The molecule has 1 atom stereocenters. The molecule has 2 rings (SSSR count). The van der Waals surface area contributed by atoms with Gasteiger partial charge >= 0.3 is 12.1 Å². The number of carbonyl (C=O) groups is 1. The molecule has 1 heterocycles. The molecular weight excluding hydrogens is 325 g/mol. The van der Waals surface area contributed by atoms with Crippen molar-refractivity contribution >= 4 is 22.2 Å². The maximum atomic E-state index is 12.4. The van der Waals surface area contributed by atoms with Gasteiger partial charge in [0, 0.05) is 4.88 Å². The molecule has 23 heavy (non-hydrogen) atoms. The number of anilines is 1. The molecule has 7 heteroatoms. The Balaban J connectivity index is 2.30. The van der Waals surface area contributed by atoms with Gasteiger partial charge < -0.3 is 5.32 Å². The van der Waals surface area contributed by atoms with E-state index in [4.69, 9.17) is 0 Å². The van der Waals surface area contributed by atoms with Gasteiger partial charge in [0.25, 0.3) is 0 Å². The third-order valence-corrected chi connectivity index (χ3v) is 6.05. The molecule has 0 saturated heterocycles. The number of fused-ring (bicyclic) bond motifs is 1. The number of nitrogens with one attached hydrogen (secondary N) is 1. The SMILES string of the molecule is CCC(C)(C)C1CCc2c(sc(NC(=O)C(F)(F)F)c2C#N)C1. The van der Waals surface area contributed by atoms with Crippen LogP contribution < -0.4 is 5.32 Å². The minimum Gasteiger partial charge on any atom is -0.309 e. The summed E-state index contributed by atoms with van der Waals surface area (Å²) in [5, 5.41) is 11.2. The van der Waals surface area contributed by atoms with Crippen LogP contribution in [0.25, 0.3) is 0 Å². The van der Waals surface area contributed by atoms with Gasteiger partial charge in [-0.05, 0) is 36.2 Å². The predicted octanol–water partition coefficient (Wildman–Crippen LogP) is 4.66. The van der Waals surface area contributed by atoms with Gasteiger partial charge in [-0.3, -0.25) is 4.79 Å². The number of thiophene rings is 1. The highest BCUT2D eigenvalue weighted by atomic mass is 32.1. The van der Waals surface area contributed by atoms with Crippen LogP contribution >= 0.6 is 11.3 Å². The summed E-state index contributed by atoms with van der Waals surface area (Å²) in [5.74, 6) is -1.60. The minimum atomic E-state index is -4.95. The Kier molecular flexibility index (Phi) is 4.76. The molecule has 0 saturated carbocycles. The predicted molar refractivity (Wildman–Crippen MR) is 83.3 cm³/mol. The van der Waals surface area contributed by atoms with Crippen LogP contribution in [0.2, 0.25) is 0 Å². The van der Waals surface area contributed by atoms with Crippen molar-refractivity contribution in [3.8, 4) is 6.07 Å². The molecule has 0 aromatic carbocycles. The largest absolute Gasteiger partial charge is 0.471 e. The summed E-state index contributed by atoms with van der Waals surface area (Å²) in [6.07, 6.45) is -1.61. The van der Waals surface area contributed by atoms with Gasteiger partial charge in [0.05, 0.1) is 5.56 Å². The standard InChI is InChI=1S/C16H19F3N2OS/c1-4-15(2,3)9-5-6-10-11(8-20)13(23-12(10)7-9)21-14(22)16(17,18)19/h9H,4-7H2,1-3H3,(H,21,22). The molecule has 3 nitrogen and oxygen atoms in total. The molecule has 0 spiro atoms. The van der Waals surface area contributed by atoms with E-state index in [0.717, 1.165) is 41.0 Å². The fourth-order valence-corrected chi connectivity index (χ4v) is 4.19. The Morgan fingerprint density at radius 1 is 1.43 bits per heavy atom. The average Bonchev–Trinajstić information content (AvgIpc) is 2.82. The maximum Gasteiger partial charge on any atom is 0.471 e. The first kappa shape index (κ1) is 17.8. The molecule has 0 bridgehead atoms. The van der Waals surface area contributed by atoms with Crippen LogP contribution in [-0.2, 0) is 17.6 Å². The molecule has 0 aliphatic heterocycles. The summed E-state index contributed by atoms with van der Waals surface area (Å²) in [6.45, 7) is 6.50. The van der Waals surface area contributed by atoms with Crippen LogP contribution in [0.15, 0.2) is 0 Å². The summed E-state index contributed by atoms with van der Waals surface area (Å²) in [7, 11) is 0. The number of nitriles is 1. The van der Waals surface area contributed by atoms with Crippen molar-refractivity contribution < 1.29 is 18.0 Å². The van der Waals surface area contributed by atoms with Gasteiger partial charge in [-0.2, -0.15) is 18.4 Å². The molecule has 1 aromatic rings. The van der Waals surface area contributed by atoms with E-state index in [0.29, 0.717) is 12.3 Å². The van der Waals surface area contributed by atoms with E-state index in [1.165, 1.54) is 0 Å². The number of halogens is 3. The van der Waals surface area contributed by atoms with Gasteiger partial charge in [0.2, 0.25) is 0 Å². The number of rotatable bonds is 3. The summed E-state index contributed by atoms with van der Waals surface area (Å²) in [4.78, 5) is 12.1. The second kappa shape index (κ2) is 6.16. The van der Waals surface area contributed by atoms with E-state index in [9.17, 15) is 23.2 Å². The lowest BCUT2D eigenvalue weighted by molar-refractivity contribution is -0.167. The third-order valence-electron chi connectivity index (χ3n) is 4.88. The van der Waals surface area contributed by atoms with Crippen molar-refractivity contribution in [3.05, 3.63) is 16.0 Å². The average molecular weight is 344 g/mol. The molecule has 1 aliphatic rings. The van der Waals surface area contributed by atoms with Crippen molar-refractivity contribution in [2.75, 3.05) is 5.32 Å². The normalized spacial score (nSPS) is 18.2. The zero-order valence-corrected chi connectivity index (χ0v) is 14.1. The van der Waals surface area contributed by atoms with Crippen LogP contribution in [0.5, 0.6) is 0 Å². The van der Waals surface area contributed by atoms with Crippen molar-refractivity contribution in [2.45, 2.75) is 52.6 Å². The van der Waals surface area contributed by atoms with Gasteiger partial charge in [0.1, 0.15) is 11.1 Å². The Morgan fingerprint density at radius 2 is 2.09 bits per heavy atom. The summed E-state index contributed by atoms with van der Waals surface area (Å²) < 4.78 is 37.3. The van der Waals surface area contributed by atoms with Crippen molar-refractivity contribution in [2.24, 2.45) is 11.3 Å². The number of hydrogen-bond acceptors (Lipinski definition) is 3. The molecule has 1 N–H and O–H groups in total. The zero-order valence-electron chi connectivity index (χ0n) is 13.3. The van der Waals surface area contributed by atoms with E-state index in [1.807, 2.05) is 11.4 Å². The van der Waals surface area contributed by atoms with Crippen LogP contribution in [-0.4, -0.2) is 12.1 Å². The Morgan fingerprint density at radius 3 is 2.61 bits per heavy atom. The fraction of sp³-hybridized carbons (Fsp3) is 0.625. The molecule has 0 fully saturated rings. The Bertz CT molecular complexity index is 656. The monoisotopic (exact) mass is 344 g/mol. The van der Waals surface area contributed by atoms with Crippen molar-refractivity contribution in [1.29, 1.82) is 5.26 Å².